The Bertz CT molecular complexity index is 263. The Labute approximate surface area is 77.9 Å². The van der Waals surface area contributed by atoms with E-state index in [0.717, 1.165) is 0 Å². The first-order chi connectivity index (χ1) is 5.97. The van der Waals surface area contributed by atoms with Gasteiger partial charge in [0.2, 0.25) is 0 Å². The van der Waals surface area contributed by atoms with E-state index in [-0.39, 0.29) is 5.60 Å². The monoisotopic (exact) mass is 184 g/mol. The van der Waals surface area contributed by atoms with Crippen LogP contribution < -0.4 is 5.73 Å². The van der Waals surface area contributed by atoms with Gasteiger partial charge in [0.25, 0.3) is 0 Å². The van der Waals surface area contributed by atoms with Gasteiger partial charge in [0.05, 0.1) is 24.9 Å². The predicted molar refractivity (Wildman–Crippen MR) is 50.1 cm³/mol. The van der Waals surface area contributed by atoms with Gasteiger partial charge in [-0.05, 0) is 20.8 Å². The molecule has 0 aromatic carbocycles. The lowest BCUT2D eigenvalue weighted by atomic mass is 10.2. The Balaban J connectivity index is 2.28. The second-order valence-electron chi connectivity index (χ2n) is 3.83. The van der Waals surface area contributed by atoms with Gasteiger partial charge in [-0.15, -0.1) is 5.10 Å². The van der Waals surface area contributed by atoms with Crippen molar-refractivity contribution in [3.05, 3.63) is 6.20 Å². The summed E-state index contributed by atoms with van der Waals surface area (Å²) in [7, 11) is 0. The van der Waals surface area contributed by atoms with Crippen molar-refractivity contribution in [3.63, 3.8) is 0 Å². The van der Waals surface area contributed by atoms with E-state index in [4.69, 9.17) is 10.5 Å². The summed E-state index contributed by atoms with van der Waals surface area (Å²) in [5.41, 5.74) is 5.29. The van der Waals surface area contributed by atoms with Crippen LogP contribution in [0, 0.1) is 0 Å². The molecule has 1 aromatic rings. The van der Waals surface area contributed by atoms with E-state index in [0.29, 0.717) is 19.0 Å². The highest BCUT2D eigenvalue weighted by molar-refractivity contribution is 5.19. The number of anilines is 1. The molecule has 0 amide bonds. The van der Waals surface area contributed by atoms with Crippen molar-refractivity contribution in [1.29, 1.82) is 0 Å². The lowest BCUT2D eigenvalue weighted by molar-refractivity contribution is -0.00916. The normalized spacial score (nSPS) is 11.9. The first kappa shape index (κ1) is 9.98. The van der Waals surface area contributed by atoms with E-state index in [9.17, 15) is 0 Å². The maximum Gasteiger partial charge on any atom is 0.165 e. The molecule has 0 saturated carbocycles. The Hall–Kier alpha value is -1.10. The Kier molecular flexibility index (Phi) is 2.87. The molecule has 2 N–H and O–H groups in total. The fraction of sp³-hybridized carbons (Fsp3) is 0.750. The van der Waals surface area contributed by atoms with Gasteiger partial charge in [0.15, 0.2) is 5.82 Å². The zero-order valence-electron chi connectivity index (χ0n) is 8.32. The largest absolute Gasteiger partial charge is 0.381 e. The van der Waals surface area contributed by atoms with Crippen LogP contribution in [0.15, 0.2) is 6.20 Å². The molecule has 13 heavy (non-hydrogen) atoms. The second kappa shape index (κ2) is 3.74. The number of rotatable bonds is 3. The van der Waals surface area contributed by atoms with E-state index in [1.807, 2.05) is 20.8 Å². The number of nitrogen functional groups attached to an aromatic ring is 1. The summed E-state index contributed by atoms with van der Waals surface area (Å²) in [4.78, 5) is 1.53. The second-order valence-corrected chi connectivity index (χ2v) is 3.83. The molecule has 0 aliphatic carbocycles. The summed E-state index contributed by atoms with van der Waals surface area (Å²) in [5, 5.41) is 7.87. The third-order valence-corrected chi connectivity index (χ3v) is 1.38. The molecule has 0 bridgehead atoms. The number of hydrogen-bond donors (Lipinski definition) is 1. The van der Waals surface area contributed by atoms with E-state index in [1.54, 1.807) is 0 Å². The van der Waals surface area contributed by atoms with Crippen molar-refractivity contribution < 1.29 is 4.74 Å². The molecule has 0 fully saturated rings. The lowest BCUT2D eigenvalue weighted by Gasteiger charge is -2.18. The van der Waals surface area contributed by atoms with Crippen molar-refractivity contribution in [2.24, 2.45) is 0 Å². The molecule has 0 aliphatic rings. The van der Waals surface area contributed by atoms with Gasteiger partial charge in [-0.25, -0.2) is 0 Å². The molecule has 1 aromatic heterocycles. The molecule has 0 atom stereocenters. The number of ether oxygens (including phenoxy) is 1. The van der Waals surface area contributed by atoms with Crippen LogP contribution in [0.5, 0.6) is 0 Å². The van der Waals surface area contributed by atoms with Gasteiger partial charge >= 0.3 is 0 Å². The van der Waals surface area contributed by atoms with E-state index in [2.05, 4.69) is 10.2 Å². The predicted octanol–water partition coefficient (Wildman–Crippen LogP) is 0.675. The summed E-state index contributed by atoms with van der Waals surface area (Å²) in [6.07, 6.45) is 1.52. The minimum atomic E-state index is -0.112. The molecular weight excluding hydrogens is 168 g/mol. The summed E-state index contributed by atoms with van der Waals surface area (Å²) >= 11 is 0. The molecule has 74 valence electrons. The summed E-state index contributed by atoms with van der Waals surface area (Å²) in [6.45, 7) is 7.26. The highest BCUT2D eigenvalue weighted by atomic mass is 16.5. The molecule has 1 rings (SSSR count). The van der Waals surface area contributed by atoms with Crippen molar-refractivity contribution in [3.8, 4) is 0 Å². The number of nitrogens with two attached hydrogens (primary N) is 1. The Morgan fingerprint density at radius 3 is 2.69 bits per heavy atom. The van der Waals surface area contributed by atoms with Crippen LogP contribution in [-0.2, 0) is 11.3 Å². The van der Waals surface area contributed by atoms with Gasteiger partial charge in [0, 0.05) is 0 Å². The Morgan fingerprint density at radius 1 is 1.54 bits per heavy atom. The van der Waals surface area contributed by atoms with Crippen LogP contribution in [0.2, 0.25) is 0 Å². The van der Waals surface area contributed by atoms with Gasteiger partial charge in [-0.3, -0.25) is 0 Å². The van der Waals surface area contributed by atoms with Gasteiger partial charge in [-0.2, -0.15) is 9.90 Å². The maximum atomic E-state index is 5.50. The van der Waals surface area contributed by atoms with Crippen LogP contribution >= 0.6 is 0 Å². The topological polar surface area (TPSA) is 66.0 Å². The van der Waals surface area contributed by atoms with Gasteiger partial charge in [0.1, 0.15) is 0 Å². The van der Waals surface area contributed by atoms with Crippen LogP contribution in [-0.4, -0.2) is 27.2 Å². The van der Waals surface area contributed by atoms with Crippen molar-refractivity contribution in [2.75, 3.05) is 12.3 Å². The minimum absolute atomic E-state index is 0.112. The van der Waals surface area contributed by atoms with Crippen molar-refractivity contribution in [2.45, 2.75) is 32.9 Å². The third-order valence-electron chi connectivity index (χ3n) is 1.38. The Morgan fingerprint density at radius 2 is 2.23 bits per heavy atom. The number of aromatic nitrogens is 3. The number of hydrogen-bond acceptors (Lipinski definition) is 4. The van der Waals surface area contributed by atoms with Crippen LogP contribution in [0.25, 0.3) is 0 Å². The van der Waals surface area contributed by atoms with E-state index < -0.39 is 0 Å². The fourth-order valence-corrected chi connectivity index (χ4v) is 0.852. The molecule has 0 saturated heterocycles. The molecular formula is C8H16N4O. The van der Waals surface area contributed by atoms with Crippen LogP contribution in [0.1, 0.15) is 20.8 Å². The molecule has 0 unspecified atom stereocenters. The van der Waals surface area contributed by atoms with Gasteiger partial charge in [-0.1, -0.05) is 0 Å². The van der Waals surface area contributed by atoms with Crippen LogP contribution in [0.4, 0.5) is 5.82 Å². The standard InChI is InChI=1S/C8H16N4O/c1-8(2,3)13-5-4-12-10-6-7(9)11-12/h6H,4-5H2,1-3H3,(H2,9,11). The quantitative estimate of drug-likeness (QED) is 0.750. The van der Waals surface area contributed by atoms with Crippen LogP contribution in [0.3, 0.4) is 0 Å². The lowest BCUT2D eigenvalue weighted by Crippen LogP contribution is -2.22. The van der Waals surface area contributed by atoms with E-state index in [1.165, 1.54) is 11.0 Å². The van der Waals surface area contributed by atoms with Gasteiger partial charge < -0.3 is 10.5 Å². The van der Waals surface area contributed by atoms with E-state index >= 15 is 0 Å². The molecule has 5 nitrogen and oxygen atoms in total. The smallest absolute Gasteiger partial charge is 0.165 e. The fourth-order valence-electron chi connectivity index (χ4n) is 0.852. The molecule has 1 heterocycles. The minimum Gasteiger partial charge on any atom is -0.381 e. The van der Waals surface area contributed by atoms with Crippen molar-refractivity contribution >= 4 is 5.82 Å². The first-order valence-electron chi connectivity index (χ1n) is 4.27. The SMILES string of the molecule is CC(C)(C)OCCn1ncc(N)n1. The molecule has 0 spiro atoms. The summed E-state index contributed by atoms with van der Waals surface area (Å²) < 4.78 is 5.50. The highest BCUT2D eigenvalue weighted by Gasteiger charge is 2.09. The number of nitrogens with zero attached hydrogens (tertiary/aromatic N) is 3. The average molecular weight is 184 g/mol. The highest BCUT2D eigenvalue weighted by Crippen LogP contribution is 2.06. The third kappa shape index (κ3) is 3.89. The zero-order valence-corrected chi connectivity index (χ0v) is 8.32. The summed E-state index contributed by atoms with van der Waals surface area (Å²) in [5.74, 6) is 0.441. The molecule has 0 radical (unpaired) electrons. The first-order valence-corrected chi connectivity index (χ1v) is 4.27. The average Bonchev–Trinajstić information content (AvgIpc) is 2.33. The maximum absolute atomic E-state index is 5.50. The zero-order chi connectivity index (χ0) is 9.90. The summed E-state index contributed by atoms with van der Waals surface area (Å²) in [6, 6.07) is 0. The van der Waals surface area contributed by atoms with Crippen molar-refractivity contribution in [1.82, 2.24) is 15.0 Å². The molecule has 5 heteroatoms. The molecule has 0 aliphatic heterocycles.